The van der Waals surface area contributed by atoms with E-state index in [0.717, 1.165) is 25.2 Å². The monoisotopic (exact) mass is 252 g/mol. The highest BCUT2D eigenvalue weighted by Gasteiger charge is 2.12. The Kier molecular flexibility index (Phi) is 3.29. The number of hydrogen-bond acceptors (Lipinski definition) is 2. The molecule has 1 aliphatic rings. The van der Waals surface area contributed by atoms with Gasteiger partial charge in [0.05, 0.1) is 0 Å². The van der Waals surface area contributed by atoms with Crippen molar-refractivity contribution in [3.63, 3.8) is 0 Å². The molecule has 0 saturated carbocycles. The lowest BCUT2D eigenvalue weighted by atomic mass is 9.98. The molecular formula is C16H16N2O. The van der Waals surface area contributed by atoms with Gasteiger partial charge in [0.15, 0.2) is 0 Å². The first kappa shape index (κ1) is 11.9. The molecule has 3 heteroatoms. The number of hydrogen-bond donors (Lipinski definition) is 2. The van der Waals surface area contributed by atoms with Crippen LogP contribution >= 0.6 is 0 Å². The van der Waals surface area contributed by atoms with Gasteiger partial charge in [0.1, 0.15) is 0 Å². The Morgan fingerprint density at radius 2 is 1.89 bits per heavy atom. The van der Waals surface area contributed by atoms with Crippen LogP contribution in [0.1, 0.15) is 21.5 Å². The van der Waals surface area contributed by atoms with Crippen molar-refractivity contribution in [2.45, 2.75) is 13.0 Å². The van der Waals surface area contributed by atoms with Gasteiger partial charge in [-0.2, -0.15) is 0 Å². The highest BCUT2D eigenvalue weighted by atomic mass is 16.1. The van der Waals surface area contributed by atoms with Gasteiger partial charge in [-0.15, -0.1) is 0 Å². The molecule has 0 radical (unpaired) electrons. The van der Waals surface area contributed by atoms with Crippen LogP contribution in [0.2, 0.25) is 0 Å². The van der Waals surface area contributed by atoms with E-state index in [1.54, 1.807) is 0 Å². The Hall–Kier alpha value is -2.13. The molecule has 2 N–H and O–H groups in total. The molecule has 1 aliphatic heterocycles. The van der Waals surface area contributed by atoms with Gasteiger partial charge in [0, 0.05) is 17.8 Å². The van der Waals surface area contributed by atoms with E-state index in [1.807, 2.05) is 42.5 Å². The topological polar surface area (TPSA) is 41.1 Å². The highest BCUT2D eigenvalue weighted by molar-refractivity contribution is 6.04. The van der Waals surface area contributed by atoms with Crippen LogP contribution in [0.25, 0.3) is 0 Å². The average molecular weight is 252 g/mol. The van der Waals surface area contributed by atoms with Gasteiger partial charge in [0.2, 0.25) is 0 Å². The Labute approximate surface area is 112 Å². The molecule has 0 fully saturated rings. The Bertz CT molecular complexity index is 593. The Balaban J connectivity index is 1.80. The number of rotatable bonds is 2. The summed E-state index contributed by atoms with van der Waals surface area (Å²) in [6.45, 7) is 1.87. The summed E-state index contributed by atoms with van der Waals surface area (Å²) in [5.74, 6) is -0.0560. The van der Waals surface area contributed by atoms with Gasteiger partial charge in [0.25, 0.3) is 5.91 Å². The first-order valence-electron chi connectivity index (χ1n) is 6.52. The van der Waals surface area contributed by atoms with Crippen LogP contribution in [-0.2, 0) is 13.0 Å². The van der Waals surface area contributed by atoms with Crippen molar-refractivity contribution < 1.29 is 4.79 Å². The second-order valence-electron chi connectivity index (χ2n) is 4.73. The molecule has 0 aromatic heterocycles. The molecular weight excluding hydrogens is 236 g/mol. The lowest BCUT2D eigenvalue weighted by Crippen LogP contribution is -2.24. The van der Waals surface area contributed by atoms with Gasteiger partial charge in [-0.3, -0.25) is 4.79 Å². The number of nitrogens with one attached hydrogen (secondary N) is 2. The number of benzene rings is 2. The summed E-state index contributed by atoms with van der Waals surface area (Å²) >= 11 is 0. The summed E-state index contributed by atoms with van der Waals surface area (Å²) in [6.07, 6.45) is 1.04. The molecule has 0 aliphatic carbocycles. The molecule has 3 nitrogen and oxygen atoms in total. The maximum atomic E-state index is 12.2. The molecule has 2 aromatic carbocycles. The quantitative estimate of drug-likeness (QED) is 0.862. The van der Waals surface area contributed by atoms with Crippen LogP contribution in [0.5, 0.6) is 0 Å². The van der Waals surface area contributed by atoms with E-state index >= 15 is 0 Å². The minimum atomic E-state index is -0.0560. The predicted octanol–water partition coefficient (Wildman–Crippen LogP) is 2.58. The fraction of sp³-hybridized carbons (Fsp3) is 0.188. The standard InChI is InChI=1S/C16H16N2O/c19-16(18-15-4-2-1-3-5-15)13-7-6-12-8-9-17-11-14(12)10-13/h1-7,10,17H,8-9,11H2,(H,18,19). The minimum Gasteiger partial charge on any atom is -0.322 e. The van der Waals surface area contributed by atoms with Crippen molar-refractivity contribution in [1.82, 2.24) is 5.32 Å². The maximum absolute atomic E-state index is 12.2. The minimum absolute atomic E-state index is 0.0560. The first-order valence-corrected chi connectivity index (χ1v) is 6.52. The number of para-hydroxylation sites is 1. The lowest BCUT2D eigenvalue weighted by Gasteiger charge is -2.17. The molecule has 1 heterocycles. The first-order chi connectivity index (χ1) is 9.33. The summed E-state index contributed by atoms with van der Waals surface area (Å²) in [6, 6.07) is 15.5. The van der Waals surface area contributed by atoms with Crippen LogP contribution in [0, 0.1) is 0 Å². The second-order valence-corrected chi connectivity index (χ2v) is 4.73. The zero-order valence-electron chi connectivity index (χ0n) is 10.6. The van der Waals surface area contributed by atoms with E-state index in [-0.39, 0.29) is 5.91 Å². The number of carbonyl (C=O) groups is 1. The molecule has 0 bridgehead atoms. The molecule has 0 atom stereocenters. The summed E-state index contributed by atoms with van der Waals surface area (Å²) in [4.78, 5) is 12.2. The van der Waals surface area contributed by atoms with Gasteiger partial charge < -0.3 is 10.6 Å². The molecule has 3 rings (SSSR count). The number of fused-ring (bicyclic) bond motifs is 1. The maximum Gasteiger partial charge on any atom is 0.255 e. The second kappa shape index (κ2) is 5.24. The summed E-state index contributed by atoms with van der Waals surface area (Å²) in [5.41, 5.74) is 4.11. The molecule has 19 heavy (non-hydrogen) atoms. The van der Waals surface area contributed by atoms with E-state index in [1.165, 1.54) is 11.1 Å². The SMILES string of the molecule is O=C(Nc1ccccc1)c1ccc2c(c1)CNCC2. The van der Waals surface area contributed by atoms with Gasteiger partial charge in [-0.1, -0.05) is 24.3 Å². The van der Waals surface area contributed by atoms with Gasteiger partial charge >= 0.3 is 0 Å². The summed E-state index contributed by atoms with van der Waals surface area (Å²) in [7, 11) is 0. The average Bonchev–Trinajstić information content (AvgIpc) is 2.48. The molecule has 0 saturated heterocycles. The number of carbonyl (C=O) groups excluding carboxylic acids is 1. The smallest absolute Gasteiger partial charge is 0.255 e. The van der Waals surface area contributed by atoms with Crippen molar-refractivity contribution in [2.24, 2.45) is 0 Å². The van der Waals surface area contributed by atoms with Crippen LogP contribution in [0.15, 0.2) is 48.5 Å². The zero-order valence-corrected chi connectivity index (χ0v) is 10.6. The van der Waals surface area contributed by atoms with Gasteiger partial charge in [-0.25, -0.2) is 0 Å². The van der Waals surface area contributed by atoms with Crippen LogP contribution in [-0.4, -0.2) is 12.5 Å². The summed E-state index contributed by atoms with van der Waals surface area (Å²) in [5, 5.41) is 6.23. The van der Waals surface area contributed by atoms with E-state index in [0.29, 0.717) is 5.56 Å². The molecule has 96 valence electrons. The Morgan fingerprint density at radius 3 is 2.74 bits per heavy atom. The summed E-state index contributed by atoms with van der Waals surface area (Å²) < 4.78 is 0. The fourth-order valence-electron chi connectivity index (χ4n) is 2.35. The van der Waals surface area contributed by atoms with E-state index in [2.05, 4.69) is 16.7 Å². The van der Waals surface area contributed by atoms with Crippen LogP contribution in [0.3, 0.4) is 0 Å². The third kappa shape index (κ3) is 2.66. The van der Waals surface area contributed by atoms with Crippen molar-refractivity contribution in [1.29, 1.82) is 0 Å². The van der Waals surface area contributed by atoms with E-state index in [9.17, 15) is 4.79 Å². The third-order valence-corrected chi connectivity index (χ3v) is 3.39. The molecule has 2 aromatic rings. The van der Waals surface area contributed by atoms with E-state index < -0.39 is 0 Å². The van der Waals surface area contributed by atoms with Crippen LogP contribution < -0.4 is 10.6 Å². The van der Waals surface area contributed by atoms with Crippen molar-refractivity contribution >= 4 is 11.6 Å². The van der Waals surface area contributed by atoms with Crippen molar-refractivity contribution in [2.75, 3.05) is 11.9 Å². The normalized spacial score (nSPS) is 13.7. The van der Waals surface area contributed by atoms with Gasteiger partial charge in [-0.05, 0) is 48.4 Å². The van der Waals surface area contributed by atoms with Crippen molar-refractivity contribution in [3.05, 3.63) is 65.2 Å². The van der Waals surface area contributed by atoms with E-state index in [4.69, 9.17) is 0 Å². The molecule has 0 unspecified atom stereocenters. The largest absolute Gasteiger partial charge is 0.322 e. The molecule has 1 amide bonds. The van der Waals surface area contributed by atoms with Crippen molar-refractivity contribution in [3.8, 4) is 0 Å². The lowest BCUT2D eigenvalue weighted by molar-refractivity contribution is 0.102. The number of amides is 1. The zero-order chi connectivity index (χ0) is 13.1. The molecule has 0 spiro atoms. The number of anilines is 1. The fourth-order valence-corrected chi connectivity index (χ4v) is 2.35. The third-order valence-electron chi connectivity index (χ3n) is 3.39. The Morgan fingerprint density at radius 1 is 1.05 bits per heavy atom. The highest BCUT2D eigenvalue weighted by Crippen LogP contribution is 2.17. The van der Waals surface area contributed by atoms with Crippen LogP contribution in [0.4, 0.5) is 5.69 Å². The predicted molar refractivity (Wildman–Crippen MR) is 76.2 cm³/mol.